The number of sulfonamides is 1. The minimum Gasteiger partial charge on any atom is -0.311 e. The molecule has 1 amide bonds. The van der Waals surface area contributed by atoms with Crippen LogP contribution in [0.2, 0.25) is 0 Å². The Balaban J connectivity index is 2.15. The van der Waals surface area contributed by atoms with Crippen molar-refractivity contribution in [3.63, 3.8) is 0 Å². The molecule has 0 radical (unpaired) electrons. The van der Waals surface area contributed by atoms with Crippen molar-refractivity contribution < 1.29 is 13.2 Å². The van der Waals surface area contributed by atoms with E-state index in [4.69, 9.17) is 0 Å². The maximum atomic E-state index is 12.2. The van der Waals surface area contributed by atoms with Crippen molar-refractivity contribution in [3.8, 4) is 0 Å². The zero-order valence-electron chi connectivity index (χ0n) is 14.3. The molecule has 7 heteroatoms. The van der Waals surface area contributed by atoms with Gasteiger partial charge in [-0.3, -0.25) is 4.79 Å². The lowest BCUT2D eigenvalue weighted by Gasteiger charge is -2.25. The van der Waals surface area contributed by atoms with Crippen molar-refractivity contribution in [3.05, 3.63) is 46.3 Å². The smallest absolute Gasteiger partial charge is 0.250 e. The maximum Gasteiger partial charge on any atom is 0.250 e. The highest BCUT2D eigenvalue weighted by Crippen LogP contribution is 2.26. The molecule has 0 bridgehead atoms. The number of hydrogen-bond acceptors (Lipinski definition) is 4. The van der Waals surface area contributed by atoms with E-state index in [0.29, 0.717) is 0 Å². The molecule has 0 aliphatic rings. The van der Waals surface area contributed by atoms with E-state index in [1.54, 1.807) is 22.4 Å². The second-order valence-electron chi connectivity index (χ2n) is 5.75. The lowest BCUT2D eigenvalue weighted by molar-refractivity contribution is -0.116. The van der Waals surface area contributed by atoms with Crippen molar-refractivity contribution in [2.75, 3.05) is 18.0 Å². The monoisotopic (exact) mass is 366 g/mol. The number of carbonyl (C=O) groups is 1. The molecule has 24 heavy (non-hydrogen) atoms. The summed E-state index contributed by atoms with van der Waals surface area (Å²) in [4.78, 5) is 13.7. The van der Waals surface area contributed by atoms with Gasteiger partial charge in [0.1, 0.15) is 4.21 Å². The highest BCUT2D eigenvalue weighted by atomic mass is 32.2. The van der Waals surface area contributed by atoms with Gasteiger partial charge in [0.15, 0.2) is 0 Å². The van der Waals surface area contributed by atoms with Gasteiger partial charge >= 0.3 is 0 Å². The zero-order chi connectivity index (χ0) is 17.9. The van der Waals surface area contributed by atoms with Crippen LogP contribution in [-0.4, -0.2) is 27.4 Å². The van der Waals surface area contributed by atoms with Crippen molar-refractivity contribution in [2.45, 2.75) is 31.9 Å². The molecule has 2 aromatic rings. The number of rotatable bonds is 6. The molecule has 1 aromatic heterocycles. The van der Waals surface area contributed by atoms with Gasteiger partial charge in [0.2, 0.25) is 15.9 Å². The van der Waals surface area contributed by atoms with Crippen LogP contribution in [0, 0.1) is 20.8 Å². The first-order chi connectivity index (χ1) is 11.2. The predicted molar refractivity (Wildman–Crippen MR) is 98.2 cm³/mol. The quantitative estimate of drug-likeness (QED) is 0.855. The summed E-state index contributed by atoms with van der Waals surface area (Å²) in [6.07, 6.45) is 0. The molecule has 0 aliphatic heterocycles. The first kappa shape index (κ1) is 18.6. The largest absolute Gasteiger partial charge is 0.311 e. The molecule has 0 aliphatic carbocycles. The van der Waals surface area contributed by atoms with Gasteiger partial charge in [-0.2, -0.15) is 0 Å². The summed E-state index contributed by atoms with van der Waals surface area (Å²) in [6.45, 7) is 7.86. The first-order valence-corrected chi connectivity index (χ1v) is 9.98. The molecule has 1 heterocycles. The lowest BCUT2D eigenvalue weighted by atomic mass is 10.0. The molecule has 130 valence electrons. The number of thiophene rings is 1. The molecular weight excluding hydrogens is 344 g/mol. The molecule has 1 aromatic carbocycles. The summed E-state index contributed by atoms with van der Waals surface area (Å²) in [5, 5.41) is 1.72. The molecule has 0 unspecified atom stereocenters. The fourth-order valence-corrected chi connectivity index (χ4v) is 4.86. The van der Waals surface area contributed by atoms with Gasteiger partial charge < -0.3 is 4.90 Å². The van der Waals surface area contributed by atoms with E-state index in [-0.39, 0.29) is 23.2 Å². The van der Waals surface area contributed by atoms with Crippen LogP contribution in [0.25, 0.3) is 0 Å². The van der Waals surface area contributed by atoms with Crippen LogP contribution in [-0.2, 0) is 14.8 Å². The summed E-state index contributed by atoms with van der Waals surface area (Å²) < 4.78 is 27.1. The van der Waals surface area contributed by atoms with Gasteiger partial charge in [-0.25, -0.2) is 13.1 Å². The molecule has 1 N–H and O–H groups in total. The number of anilines is 1. The topological polar surface area (TPSA) is 66.5 Å². The minimum atomic E-state index is -3.52. The Kier molecular flexibility index (Phi) is 5.79. The first-order valence-electron chi connectivity index (χ1n) is 7.61. The Labute approximate surface area is 147 Å². The maximum absolute atomic E-state index is 12.2. The zero-order valence-corrected chi connectivity index (χ0v) is 15.9. The number of nitrogens with one attached hydrogen (secondary N) is 1. The van der Waals surface area contributed by atoms with Crippen LogP contribution in [0.1, 0.15) is 23.6 Å². The van der Waals surface area contributed by atoms with Gasteiger partial charge in [0, 0.05) is 25.7 Å². The lowest BCUT2D eigenvalue weighted by Crippen LogP contribution is -2.38. The Hall–Kier alpha value is -1.70. The van der Waals surface area contributed by atoms with Gasteiger partial charge in [0.25, 0.3) is 0 Å². The third kappa shape index (κ3) is 4.23. The molecule has 0 fully saturated rings. The number of hydrogen-bond donors (Lipinski definition) is 1. The van der Waals surface area contributed by atoms with E-state index in [9.17, 15) is 13.2 Å². The number of benzene rings is 1. The highest BCUT2D eigenvalue weighted by molar-refractivity contribution is 7.91. The molecule has 0 saturated carbocycles. The van der Waals surface area contributed by atoms with Gasteiger partial charge in [-0.15, -0.1) is 11.3 Å². The Morgan fingerprint density at radius 2 is 1.83 bits per heavy atom. The van der Waals surface area contributed by atoms with E-state index >= 15 is 0 Å². The summed E-state index contributed by atoms with van der Waals surface area (Å²) in [5.41, 5.74) is 3.99. The van der Waals surface area contributed by atoms with Crippen molar-refractivity contribution >= 4 is 33.0 Å². The van der Waals surface area contributed by atoms with Crippen LogP contribution in [0.15, 0.2) is 33.9 Å². The van der Waals surface area contributed by atoms with Gasteiger partial charge in [-0.1, -0.05) is 23.8 Å². The second kappa shape index (κ2) is 7.46. The number of aryl methyl sites for hydroxylation is 3. The number of carbonyl (C=O) groups excluding carboxylic acids is 1. The fourth-order valence-electron chi connectivity index (χ4n) is 2.80. The van der Waals surface area contributed by atoms with Gasteiger partial charge in [-0.05, 0) is 43.3 Å². The third-order valence-electron chi connectivity index (χ3n) is 3.67. The van der Waals surface area contributed by atoms with Gasteiger partial charge in [0.05, 0.1) is 0 Å². The molecule has 0 saturated heterocycles. The minimum absolute atomic E-state index is 0.111. The molecule has 5 nitrogen and oxygen atoms in total. The molecule has 0 spiro atoms. The predicted octanol–water partition coefficient (Wildman–Crippen LogP) is 3.00. The number of nitrogens with zero attached hydrogens (tertiary/aromatic N) is 1. The van der Waals surface area contributed by atoms with Crippen LogP contribution in [0.3, 0.4) is 0 Å². The Morgan fingerprint density at radius 3 is 2.33 bits per heavy atom. The molecular formula is C17H22N2O3S2. The number of amides is 1. The van der Waals surface area contributed by atoms with E-state index < -0.39 is 10.0 Å². The van der Waals surface area contributed by atoms with E-state index in [0.717, 1.165) is 22.4 Å². The van der Waals surface area contributed by atoms with Crippen LogP contribution >= 0.6 is 11.3 Å². The van der Waals surface area contributed by atoms with E-state index in [2.05, 4.69) is 4.72 Å². The van der Waals surface area contributed by atoms with Crippen molar-refractivity contribution in [2.24, 2.45) is 0 Å². The van der Waals surface area contributed by atoms with Crippen LogP contribution in [0.5, 0.6) is 0 Å². The average molecular weight is 367 g/mol. The standard InChI is InChI=1S/C17H22N2O3S2/c1-12-10-13(2)17(14(3)11-12)19(15(4)20)8-7-18-24(21,22)16-6-5-9-23-16/h5-6,9-11,18H,7-8H2,1-4H3. The van der Waals surface area contributed by atoms with Crippen LogP contribution < -0.4 is 9.62 Å². The Morgan fingerprint density at radius 1 is 1.21 bits per heavy atom. The highest BCUT2D eigenvalue weighted by Gasteiger charge is 2.19. The fraction of sp³-hybridized carbons (Fsp3) is 0.353. The second-order valence-corrected chi connectivity index (χ2v) is 8.69. The van der Waals surface area contributed by atoms with E-state index in [1.165, 1.54) is 18.3 Å². The SMILES string of the molecule is CC(=O)N(CCNS(=O)(=O)c1cccs1)c1c(C)cc(C)cc1C. The van der Waals surface area contributed by atoms with Crippen molar-refractivity contribution in [1.82, 2.24) is 4.72 Å². The third-order valence-corrected chi connectivity index (χ3v) is 6.53. The summed E-state index contributed by atoms with van der Waals surface area (Å²) in [5.74, 6) is -0.111. The summed E-state index contributed by atoms with van der Waals surface area (Å²) >= 11 is 1.17. The normalized spacial score (nSPS) is 11.5. The average Bonchev–Trinajstić information content (AvgIpc) is 2.99. The molecule has 2 rings (SSSR count). The Bertz CT molecular complexity index is 805. The van der Waals surface area contributed by atoms with Crippen LogP contribution in [0.4, 0.5) is 5.69 Å². The van der Waals surface area contributed by atoms with Crippen molar-refractivity contribution in [1.29, 1.82) is 0 Å². The summed E-state index contributed by atoms with van der Waals surface area (Å²) in [7, 11) is -3.52. The van der Waals surface area contributed by atoms with E-state index in [1.807, 2.05) is 32.9 Å². The summed E-state index contributed by atoms with van der Waals surface area (Å²) in [6, 6.07) is 7.30. The molecule has 0 atom stereocenters.